The molecule has 6 heteroatoms. The summed E-state index contributed by atoms with van der Waals surface area (Å²) < 4.78 is 0. The fourth-order valence-corrected chi connectivity index (χ4v) is 0.0921. The molecule has 0 rings (SSSR count). The summed E-state index contributed by atoms with van der Waals surface area (Å²) in [5, 5.41) is 12.6. The third-order valence-corrected chi connectivity index (χ3v) is 0.234. The Morgan fingerprint density at radius 2 is 1.88 bits per heavy atom. The number of nitrogens with two attached hydrogens (primary N) is 1. The number of azo groups is 1. The molecule has 0 unspecified atom stereocenters. The molecule has 0 aromatic carbocycles. The first-order valence-corrected chi connectivity index (χ1v) is 1.57. The second-order valence-corrected chi connectivity index (χ2v) is 0.821. The maximum Gasteiger partial charge on any atom is 0.450 e. The summed E-state index contributed by atoms with van der Waals surface area (Å²) >= 11 is 0. The highest BCUT2D eigenvalue weighted by Gasteiger charge is 1.89. The van der Waals surface area contributed by atoms with Gasteiger partial charge in [0.2, 0.25) is 0 Å². The Kier molecular flexibility index (Phi) is 2.18. The molecule has 0 bridgehead atoms. The van der Waals surface area contributed by atoms with Gasteiger partial charge in [0.15, 0.2) is 0 Å². The molecule has 0 heterocycles. The summed E-state index contributed by atoms with van der Waals surface area (Å²) in [5.41, 5.74) is 4.38. The summed E-state index contributed by atoms with van der Waals surface area (Å²) in [4.78, 5) is 19.0. The predicted octanol–water partition coefficient (Wildman–Crippen LogP) is 0.195. The van der Waals surface area contributed by atoms with Crippen LogP contribution in [0.1, 0.15) is 0 Å². The molecule has 0 atom stereocenters. The van der Waals surface area contributed by atoms with Gasteiger partial charge in [0.05, 0.1) is 0 Å². The molecule has 0 aromatic heterocycles. The van der Waals surface area contributed by atoms with E-state index in [1.165, 1.54) is 0 Å². The van der Waals surface area contributed by atoms with E-state index in [2.05, 4.69) is 16.0 Å². The van der Waals surface area contributed by atoms with Gasteiger partial charge in [0.25, 0.3) is 0 Å². The lowest BCUT2D eigenvalue weighted by Gasteiger charge is -1.73. The molecule has 0 radical (unpaired) electrons. The molecule has 0 aromatic rings. The fraction of sp³-hybridized carbons (Fsp3) is 0. The van der Waals surface area contributed by atoms with Crippen LogP contribution >= 0.6 is 0 Å². The van der Waals surface area contributed by atoms with Gasteiger partial charge in [-0.3, -0.25) is 0 Å². The summed E-state index contributed by atoms with van der Waals surface area (Å²) in [6.45, 7) is 0. The van der Waals surface area contributed by atoms with E-state index in [0.29, 0.717) is 0 Å². The van der Waals surface area contributed by atoms with Crippen molar-refractivity contribution in [2.45, 2.75) is 0 Å². The van der Waals surface area contributed by atoms with Crippen LogP contribution in [0.4, 0.5) is 9.59 Å². The Morgan fingerprint density at radius 3 is 2.00 bits per heavy atom. The average Bonchev–Trinajstić information content (AvgIpc) is 1.61. The van der Waals surface area contributed by atoms with Crippen LogP contribution in [0.3, 0.4) is 0 Å². The van der Waals surface area contributed by atoms with E-state index in [0.717, 1.165) is 0 Å². The molecule has 3 amide bonds. The highest BCUT2D eigenvalue weighted by atomic mass is 16.4. The molecular weight excluding hydrogens is 114 g/mol. The standard InChI is InChI=1S/C2H3N3O3/c3-1(6)4-5-2(7)8/h(H2,3,6)(H,7,8). The van der Waals surface area contributed by atoms with Gasteiger partial charge in [0, 0.05) is 0 Å². The minimum Gasteiger partial charge on any atom is -0.462 e. The number of carbonyl (C=O) groups excluding carboxylic acids is 1. The van der Waals surface area contributed by atoms with E-state index >= 15 is 0 Å². The fourth-order valence-electron chi connectivity index (χ4n) is 0.0921. The van der Waals surface area contributed by atoms with Crippen molar-refractivity contribution < 1.29 is 14.7 Å². The number of hydrogen-bond acceptors (Lipinski definition) is 2. The number of carbonyl (C=O) groups is 2. The second-order valence-electron chi connectivity index (χ2n) is 0.821. The maximum absolute atomic E-state index is 9.60. The number of urea groups is 1. The maximum atomic E-state index is 9.60. The van der Waals surface area contributed by atoms with E-state index in [1.54, 1.807) is 0 Å². The first kappa shape index (κ1) is 6.54. The molecule has 44 valence electrons. The molecule has 0 fully saturated rings. The second kappa shape index (κ2) is 2.67. The van der Waals surface area contributed by atoms with Crippen molar-refractivity contribution in [2.75, 3.05) is 0 Å². The van der Waals surface area contributed by atoms with Crippen molar-refractivity contribution in [1.82, 2.24) is 0 Å². The largest absolute Gasteiger partial charge is 0.462 e. The highest BCUT2D eigenvalue weighted by molar-refractivity contribution is 5.74. The van der Waals surface area contributed by atoms with Gasteiger partial charge in [-0.1, -0.05) is 10.2 Å². The van der Waals surface area contributed by atoms with Crippen LogP contribution in [-0.2, 0) is 0 Å². The van der Waals surface area contributed by atoms with Gasteiger partial charge in [-0.25, -0.2) is 9.59 Å². The molecule has 3 N–H and O–H groups in total. The molecule has 0 spiro atoms. The zero-order valence-corrected chi connectivity index (χ0v) is 3.74. The van der Waals surface area contributed by atoms with Crippen LogP contribution in [0.2, 0.25) is 0 Å². The van der Waals surface area contributed by atoms with Crippen molar-refractivity contribution >= 4 is 12.1 Å². The van der Waals surface area contributed by atoms with Crippen LogP contribution in [0.15, 0.2) is 10.2 Å². The number of primary amides is 1. The third-order valence-electron chi connectivity index (χ3n) is 0.234. The zero-order chi connectivity index (χ0) is 6.57. The van der Waals surface area contributed by atoms with Crippen molar-refractivity contribution in [2.24, 2.45) is 16.0 Å². The molecule has 0 aliphatic carbocycles. The number of amides is 3. The van der Waals surface area contributed by atoms with E-state index in [1.807, 2.05) is 0 Å². The number of rotatable bonds is 0. The molecule has 6 nitrogen and oxygen atoms in total. The summed E-state index contributed by atoms with van der Waals surface area (Å²) in [7, 11) is 0. The molecular formula is C2H3N3O3. The van der Waals surface area contributed by atoms with Crippen LogP contribution in [0.25, 0.3) is 0 Å². The van der Waals surface area contributed by atoms with Crippen molar-refractivity contribution in [3.05, 3.63) is 0 Å². The predicted molar refractivity (Wildman–Crippen MR) is 22.5 cm³/mol. The topological polar surface area (TPSA) is 105 Å². The summed E-state index contributed by atoms with van der Waals surface area (Å²) in [6, 6.07) is -1.12. The number of carboxylic acid groups (broad SMARTS) is 1. The van der Waals surface area contributed by atoms with Crippen molar-refractivity contribution in [3.63, 3.8) is 0 Å². The quantitative estimate of drug-likeness (QED) is 0.442. The Hall–Kier alpha value is -1.46. The van der Waals surface area contributed by atoms with E-state index in [4.69, 9.17) is 5.11 Å². The molecule has 0 aliphatic heterocycles. The Morgan fingerprint density at radius 1 is 1.38 bits per heavy atom. The van der Waals surface area contributed by atoms with E-state index in [9.17, 15) is 9.59 Å². The lowest BCUT2D eigenvalue weighted by molar-refractivity contribution is 0.203. The average molecular weight is 117 g/mol. The zero-order valence-electron chi connectivity index (χ0n) is 3.74. The van der Waals surface area contributed by atoms with Crippen LogP contribution in [0.5, 0.6) is 0 Å². The Labute approximate surface area is 44.0 Å². The summed E-state index contributed by atoms with van der Waals surface area (Å²) in [5.74, 6) is 0. The lowest BCUT2D eigenvalue weighted by atomic mass is 11.1. The SMILES string of the molecule is NC(=O)N=NC(=O)O. The first-order chi connectivity index (χ1) is 3.63. The number of nitrogens with zero attached hydrogens (tertiary/aromatic N) is 2. The lowest BCUT2D eigenvalue weighted by Crippen LogP contribution is -2.03. The minimum atomic E-state index is -1.54. The van der Waals surface area contributed by atoms with Crippen molar-refractivity contribution in [3.8, 4) is 0 Å². The van der Waals surface area contributed by atoms with Gasteiger partial charge in [0.1, 0.15) is 0 Å². The van der Waals surface area contributed by atoms with Gasteiger partial charge in [-0.2, -0.15) is 0 Å². The van der Waals surface area contributed by atoms with Gasteiger partial charge in [-0.15, -0.1) is 0 Å². The molecule has 0 saturated heterocycles. The van der Waals surface area contributed by atoms with Gasteiger partial charge in [-0.05, 0) is 0 Å². The van der Waals surface area contributed by atoms with Crippen molar-refractivity contribution in [1.29, 1.82) is 0 Å². The first-order valence-electron chi connectivity index (χ1n) is 1.57. The highest BCUT2D eigenvalue weighted by Crippen LogP contribution is 1.74. The molecule has 0 aliphatic rings. The van der Waals surface area contributed by atoms with Crippen LogP contribution in [-0.4, -0.2) is 17.2 Å². The number of hydrogen-bond donors (Lipinski definition) is 2. The normalized spacial score (nSPS) is 9.50. The smallest absolute Gasteiger partial charge is 0.450 e. The molecule has 8 heavy (non-hydrogen) atoms. The summed E-state index contributed by atoms with van der Waals surface area (Å²) in [6.07, 6.45) is -1.54. The minimum absolute atomic E-state index is 1.12. The molecule has 0 saturated carbocycles. The van der Waals surface area contributed by atoms with E-state index < -0.39 is 12.1 Å². The Balaban J connectivity index is 3.67. The van der Waals surface area contributed by atoms with Gasteiger partial charge < -0.3 is 10.8 Å². The van der Waals surface area contributed by atoms with Crippen LogP contribution in [0, 0.1) is 0 Å². The van der Waals surface area contributed by atoms with Crippen LogP contribution < -0.4 is 5.73 Å². The van der Waals surface area contributed by atoms with Gasteiger partial charge >= 0.3 is 12.1 Å². The third kappa shape index (κ3) is 4.54. The van der Waals surface area contributed by atoms with E-state index in [-0.39, 0.29) is 0 Å². The monoisotopic (exact) mass is 117 g/mol. The Bertz CT molecular complexity index is 123.